The molecule has 1 aromatic rings. The Balaban J connectivity index is 2.36. The van der Waals surface area contributed by atoms with Crippen LogP contribution in [0.3, 0.4) is 0 Å². The van der Waals surface area contributed by atoms with Crippen LogP contribution in [0.25, 0.3) is 0 Å². The van der Waals surface area contributed by atoms with E-state index in [9.17, 15) is 9.59 Å². The van der Waals surface area contributed by atoms with Crippen LogP contribution in [-0.2, 0) is 20.7 Å². The molecule has 0 bridgehead atoms. The van der Waals surface area contributed by atoms with E-state index < -0.39 is 17.6 Å². The lowest BCUT2D eigenvalue weighted by molar-refractivity contribution is -0.152. The summed E-state index contributed by atoms with van der Waals surface area (Å²) < 4.78 is 10.1. The maximum Gasteiger partial charge on any atom is 0.411 e. The molecule has 0 aromatic heterocycles. The van der Waals surface area contributed by atoms with Gasteiger partial charge < -0.3 is 15.2 Å². The minimum atomic E-state index is -1.24. The number of likely N-dealkylation sites (tertiary alicyclic amines) is 1. The van der Waals surface area contributed by atoms with Gasteiger partial charge in [0.05, 0.1) is 18.7 Å². The molecule has 132 valence electrons. The van der Waals surface area contributed by atoms with Gasteiger partial charge in [0.1, 0.15) is 12.1 Å². The molecule has 1 aliphatic heterocycles. The van der Waals surface area contributed by atoms with E-state index in [1.807, 2.05) is 6.07 Å². The molecular formula is C18H21N3O4. The molecule has 7 heteroatoms. The molecule has 0 aliphatic carbocycles. The Morgan fingerprint density at radius 3 is 2.72 bits per heavy atom. The first-order valence-electron chi connectivity index (χ1n) is 7.85. The number of esters is 1. The zero-order chi connectivity index (χ0) is 18.4. The van der Waals surface area contributed by atoms with Crippen LogP contribution in [0, 0.1) is 11.3 Å². The summed E-state index contributed by atoms with van der Waals surface area (Å²) in [6, 6.07) is 8.50. The number of nitriles is 1. The molecule has 1 fully saturated rings. The fourth-order valence-corrected chi connectivity index (χ4v) is 3.13. The van der Waals surface area contributed by atoms with Crippen molar-refractivity contribution in [1.82, 2.24) is 4.90 Å². The Morgan fingerprint density at radius 2 is 2.16 bits per heavy atom. The highest BCUT2D eigenvalue weighted by molar-refractivity contribution is 5.87. The number of hydrogen-bond acceptors (Lipinski definition) is 6. The minimum Gasteiger partial charge on any atom is -0.467 e. The van der Waals surface area contributed by atoms with E-state index in [1.165, 1.54) is 18.1 Å². The van der Waals surface area contributed by atoms with Gasteiger partial charge in [-0.25, -0.2) is 9.59 Å². The van der Waals surface area contributed by atoms with Crippen molar-refractivity contribution in [2.75, 3.05) is 20.3 Å². The summed E-state index contributed by atoms with van der Waals surface area (Å²) in [4.78, 5) is 26.4. The number of rotatable bonds is 5. The molecule has 25 heavy (non-hydrogen) atoms. The number of methoxy groups -OCH3 is 1. The predicted molar refractivity (Wildman–Crippen MR) is 90.5 cm³/mol. The van der Waals surface area contributed by atoms with Crippen molar-refractivity contribution in [2.24, 2.45) is 5.73 Å². The lowest BCUT2D eigenvalue weighted by atomic mass is 9.87. The van der Waals surface area contributed by atoms with Crippen LogP contribution in [0.2, 0.25) is 0 Å². The van der Waals surface area contributed by atoms with Crippen LogP contribution >= 0.6 is 0 Å². The van der Waals surface area contributed by atoms with Crippen LogP contribution < -0.4 is 5.73 Å². The normalized spacial score (nSPS) is 22.1. The second-order valence-electron chi connectivity index (χ2n) is 5.95. The molecule has 0 saturated carbocycles. The van der Waals surface area contributed by atoms with E-state index >= 15 is 0 Å². The second-order valence-corrected chi connectivity index (χ2v) is 5.95. The van der Waals surface area contributed by atoms with Gasteiger partial charge in [-0.05, 0) is 24.1 Å². The fraction of sp³-hybridized carbons (Fsp3) is 0.389. The van der Waals surface area contributed by atoms with Gasteiger partial charge in [0.15, 0.2) is 0 Å². The summed E-state index contributed by atoms with van der Waals surface area (Å²) in [5.41, 5.74) is 6.11. The summed E-state index contributed by atoms with van der Waals surface area (Å²) in [6.07, 6.45) is 1.31. The summed E-state index contributed by atoms with van der Waals surface area (Å²) in [5.74, 6) is -0.541. The maximum atomic E-state index is 12.6. The van der Waals surface area contributed by atoms with Gasteiger partial charge in [-0.2, -0.15) is 5.26 Å². The minimum absolute atomic E-state index is 0.0404. The third-order valence-electron chi connectivity index (χ3n) is 4.22. The van der Waals surface area contributed by atoms with Gasteiger partial charge in [0.2, 0.25) is 0 Å². The van der Waals surface area contributed by atoms with Gasteiger partial charge >= 0.3 is 12.1 Å². The lowest BCUT2D eigenvalue weighted by Crippen LogP contribution is -2.55. The summed E-state index contributed by atoms with van der Waals surface area (Å²) in [5, 5.41) is 8.90. The largest absolute Gasteiger partial charge is 0.467 e. The molecule has 2 atom stereocenters. The van der Waals surface area contributed by atoms with Crippen LogP contribution in [0.5, 0.6) is 0 Å². The number of amides is 1. The highest BCUT2D eigenvalue weighted by Crippen LogP contribution is 2.34. The van der Waals surface area contributed by atoms with Crippen molar-refractivity contribution in [3.05, 3.63) is 48.0 Å². The van der Waals surface area contributed by atoms with E-state index in [0.717, 1.165) is 5.56 Å². The number of ether oxygens (including phenoxy) is 2. The van der Waals surface area contributed by atoms with Crippen LogP contribution in [-0.4, -0.2) is 48.8 Å². The van der Waals surface area contributed by atoms with Crippen molar-refractivity contribution < 1.29 is 19.1 Å². The number of hydrogen-bond donors (Lipinski definition) is 1. The molecule has 0 radical (unpaired) electrons. The van der Waals surface area contributed by atoms with E-state index in [-0.39, 0.29) is 32.0 Å². The molecule has 1 aliphatic rings. The van der Waals surface area contributed by atoms with Crippen molar-refractivity contribution in [3.8, 4) is 6.07 Å². The molecule has 0 spiro atoms. The maximum absolute atomic E-state index is 12.6. The highest BCUT2D eigenvalue weighted by Gasteiger charge is 2.54. The Morgan fingerprint density at radius 1 is 1.48 bits per heavy atom. The Hall–Kier alpha value is -2.85. The Kier molecular flexibility index (Phi) is 5.78. The molecule has 2 rings (SSSR count). The fourth-order valence-electron chi connectivity index (χ4n) is 3.13. The van der Waals surface area contributed by atoms with E-state index in [4.69, 9.17) is 20.5 Å². The topological polar surface area (TPSA) is 106 Å². The Bertz CT molecular complexity index is 695. The average Bonchev–Trinajstić information content (AvgIpc) is 2.96. The number of nitrogens with two attached hydrogens (primary N) is 1. The van der Waals surface area contributed by atoms with Crippen LogP contribution in [0.1, 0.15) is 17.5 Å². The van der Waals surface area contributed by atoms with Crippen molar-refractivity contribution >= 4 is 12.1 Å². The number of benzene rings is 1. The molecule has 1 heterocycles. The molecule has 7 nitrogen and oxygen atoms in total. The molecule has 1 amide bonds. The second kappa shape index (κ2) is 7.81. The van der Waals surface area contributed by atoms with Crippen molar-refractivity contribution in [3.63, 3.8) is 0 Å². The molecule has 1 saturated heterocycles. The van der Waals surface area contributed by atoms with Crippen molar-refractivity contribution in [1.29, 1.82) is 5.26 Å². The highest BCUT2D eigenvalue weighted by atomic mass is 16.6. The van der Waals surface area contributed by atoms with Crippen LogP contribution in [0.15, 0.2) is 36.9 Å². The lowest BCUT2D eigenvalue weighted by Gasteiger charge is -2.35. The first-order chi connectivity index (χ1) is 12.0. The zero-order valence-electron chi connectivity index (χ0n) is 14.1. The summed E-state index contributed by atoms with van der Waals surface area (Å²) in [7, 11) is 1.28. The molecule has 0 unspecified atom stereocenters. The average molecular weight is 343 g/mol. The number of carbonyl (C=O) groups is 2. The van der Waals surface area contributed by atoms with Crippen molar-refractivity contribution in [2.45, 2.75) is 24.4 Å². The molecule has 2 N–H and O–H groups in total. The monoisotopic (exact) mass is 343 g/mol. The Labute approximate surface area is 146 Å². The third-order valence-corrected chi connectivity index (χ3v) is 4.22. The first-order valence-corrected chi connectivity index (χ1v) is 7.85. The molecule has 1 aromatic carbocycles. The SMILES string of the molecule is C=CCOC(=O)N1C[C@@H](N)C[C@@]1(Cc1ccc(C#N)cc1)C(=O)OC. The predicted octanol–water partition coefficient (Wildman–Crippen LogP) is 1.37. The molecular weight excluding hydrogens is 322 g/mol. The van der Waals surface area contributed by atoms with Gasteiger partial charge in [0.25, 0.3) is 0 Å². The summed E-state index contributed by atoms with van der Waals surface area (Å²) in [6.45, 7) is 3.74. The van der Waals surface area contributed by atoms with E-state index in [0.29, 0.717) is 5.56 Å². The quantitative estimate of drug-likeness (QED) is 0.639. The standard InChI is InChI=1S/C18H21N3O4/c1-3-8-25-17(23)21-12-15(20)10-18(21,16(22)24-2)9-13-4-6-14(11-19)7-5-13/h3-7,15H,1,8-10,12,20H2,2H3/t15-,18-/m0/s1. The first kappa shape index (κ1) is 18.5. The van der Waals surface area contributed by atoms with E-state index in [1.54, 1.807) is 24.3 Å². The number of nitrogens with zero attached hydrogens (tertiary/aromatic N) is 2. The van der Waals surface area contributed by atoms with Gasteiger partial charge in [-0.3, -0.25) is 4.90 Å². The van der Waals surface area contributed by atoms with Gasteiger partial charge in [-0.1, -0.05) is 24.8 Å². The van der Waals surface area contributed by atoms with E-state index in [2.05, 4.69) is 6.58 Å². The van der Waals surface area contributed by atoms with Crippen LogP contribution in [0.4, 0.5) is 4.79 Å². The van der Waals surface area contributed by atoms with Gasteiger partial charge in [0, 0.05) is 19.0 Å². The smallest absolute Gasteiger partial charge is 0.411 e. The third kappa shape index (κ3) is 3.80. The van der Waals surface area contributed by atoms with Gasteiger partial charge in [-0.15, -0.1) is 0 Å². The number of carbonyl (C=O) groups excluding carboxylic acids is 2. The zero-order valence-corrected chi connectivity index (χ0v) is 14.1. The summed E-state index contributed by atoms with van der Waals surface area (Å²) >= 11 is 0.